The van der Waals surface area contributed by atoms with Crippen LogP contribution < -0.4 is 5.32 Å². The van der Waals surface area contributed by atoms with Crippen molar-refractivity contribution in [1.29, 1.82) is 0 Å². The number of allylic oxidation sites excluding steroid dienone is 1. The van der Waals surface area contributed by atoms with E-state index < -0.39 is 5.97 Å². The number of carbonyl (C=O) groups is 2. The van der Waals surface area contributed by atoms with Crippen LogP contribution in [0.2, 0.25) is 0 Å². The summed E-state index contributed by atoms with van der Waals surface area (Å²) >= 11 is 0. The van der Waals surface area contributed by atoms with E-state index in [4.69, 9.17) is 0 Å². The molecule has 0 aromatic heterocycles. The van der Waals surface area contributed by atoms with Crippen molar-refractivity contribution >= 4 is 11.9 Å². The van der Waals surface area contributed by atoms with E-state index in [0.29, 0.717) is 13.0 Å². The average molecular weight is 181 g/mol. The summed E-state index contributed by atoms with van der Waals surface area (Å²) < 4.78 is 4.47. The van der Waals surface area contributed by atoms with E-state index >= 15 is 0 Å². The summed E-state index contributed by atoms with van der Waals surface area (Å²) in [7, 11) is 1.32. The normalized spacial score (nSPS) is 19.5. The van der Waals surface area contributed by atoms with Crippen LogP contribution in [-0.2, 0) is 14.3 Å². The summed E-state index contributed by atoms with van der Waals surface area (Å²) in [5, 5.41) is 2.65. The summed E-state index contributed by atoms with van der Waals surface area (Å²) in [5.74, 6) is -0.526. The van der Waals surface area contributed by atoms with Gasteiger partial charge in [0.25, 0.3) is 0 Å². The second kappa shape index (κ2) is 4.45. The minimum atomic E-state index is -0.394. The highest BCUT2D eigenvalue weighted by Crippen LogP contribution is 2.05. The standard InChI is InChI=1S/C9H11NO3/c1-13-9(12)6-7-2-3-8(11)10-5-4-7/h2-3,6H,4-5H2,1H3,(H,10,11)/b7-6+. The van der Waals surface area contributed by atoms with Crippen LogP contribution in [0.5, 0.6) is 0 Å². The van der Waals surface area contributed by atoms with Gasteiger partial charge in [-0.05, 0) is 12.0 Å². The first-order valence-electron chi connectivity index (χ1n) is 3.97. The fourth-order valence-corrected chi connectivity index (χ4v) is 0.986. The zero-order valence-corrected chi connectivity index (χ0v) is 7.37. The van der Waals surface area contributed by atoms with Crippen molar-refractivity contribution in [3.05, 3.63) is 23.8 Å². The number of methoxy groups -OCH3 is 1. The molecule has 1 amide bonds. The lowest BCUT2D eigenvalue weighted by Crippen LogP contribution is -2.20. The van der Waals surface area contributed by atoms with Gasteiger partial charge in [-0.2, -0.15) is 0 Å². The summed E-state index contributed by atoms with van der Waals surface area (Å²) in [6.45, 7) is 0.550. The number of rotatable bonds is 1. The molecule has 0 fully saturated rings. The highest BCUT2D eigenvalue weighted by molar-refractivity contribution is 5.89. The van der Waals surface area contributed by atoms with Crippen LogP contribution in [0.4, 0.5) is 0 Å². The first-order chi connectivity index (χ1) is 6.22. The number of carbonyl (C=O) groups excluding carboxylic acids is 2. The molecule has 4 heteroatoms. The van der Waals surface area contributed by atoms with Crippen molar-refractivity contribution in [2.24, 2.45) is 0 Å². The Morgan fingerprint density at radius 3 is 3.08 bits per heavy atom. The van der Waals surface area contributed by atoms with Crippen molar-refractivity contribution in [3.8, 4) is 0 Å². The molecule has 0 unspecified atom stereocenters. The molecule has 0 radical (unpaired) electrons. The molecule has 1 heterocycles. The Labute approximate surface area is 76.3 Å². The fourth-order valence-electron chi connectivity index (χ4n) is 0.986. The summed E-state index contributed by atoms with van der Waals surface area (Å²) in [6.07, 6.45) is 5.06. The van der Waals surface area contributed by atoms with E-state index in [1.54, 1.807) is 6.08 Å². The van der Waals surface area contributed by atoms with E-state index in [-0.39, 0.29) is 5.91 Å². The average Bonchev–Trinajstić information content (AvgIpc) is 2.31. The van der Waals surface area contributed by atoms with Crippen LogP contribution >= 0.6 is 0 Å². The molecule has 0 atom stereocenters. The molecule has 13 heavy (non-hydrogen) atoms. The van der Waals surface area contributed by atoms with Crippen molar-refractivity contribution in [2.75, 3.05) is 13.7 Å². The van der Waals surface area contributed by atoms with Gasteiger partial charge in [0.15, 0.2) is 0 Å². The molecule has 1 N–H and O–H groups in total. The Kier molecular flexibility index (Phi) is 3.25. The molecule has 4 nitrogen and oxygen atoms in total. The molecule has 0 aliphatic carbocycles. The minimum Gasteiger partial charge on any atom is -0.466 e. The molecule has 0 aromatic rings. The first kappa shape index (κ1) is 9.51. The quantitative estimate of drug-likeness (QED) is 0.463. The largest absolute Gasteiger partial charge is 0.466 e. The van der Waals surface area contributed by atoms with Crippen molar-refractivity contribution < 1.29 is 14.3 Å². The lowest BCUT2D eigenvalue weighted by Gasteiger charge is -1.98. The molecule has 1 aliphatic heterocycles. The molecule has 1 aliphatic rings. The van der Waals surface area contributed by atoms with Crippen molar-refractivity contribution in [3.63, 3.8) is 0 Å². The molecule has 0 saturated carbocycles. The summed E-state index contributed by atoms with van der Waals surface area (Å²) in [6, 6.07) is 0. The van der Waals surface area contributed by atoms with Crippen molar-refractivity contribution in [1.82, 2.24) is 5.32 Å². The van der Waals surface area contributed by atoms with Gasteiger partial charge < -0.3 is 10.1 Å². The molecule has 0 spiro atoms. The third-order valence-electron chi connectivity index (χ3n) is 1.67. The second-order valence-corrected chi connectivity index (χ2v) is 2.62. The maximum atomic E-state index is 10.8. The number of amides is 1. The maximum absolute atomic E-state index is 10.8. The van der Waals surface area contributed by atoms with E-state index in [0.717, 1.165) is 5.57 Å². The Bertz CT molecular complexity index is 279. The second-order valence-electron chi connectivity index (χ2n) is 2.62. The number of nitrogens with one attached hydrogen (secondary N) is 1. The summed E-state index contributed by atoms with van der Waals surface area (Å²) in [5.41, 5.74) is 0.796. The van der Waals surface area contributed by atoms with Gasteiger partial charge in [0.2, 0.25) is 5.91 Å². The predicted octanol–water partition coefficient (Wildman–Crippen LogP) is 0.162. The molecular weight excluding hydrogens is 170 g/mol. The monoisotopic (exact) mass is 181 g/mol. The Hall–Kier alpha value is -1.58. The number of hydrogen-bond donors (Lipinski definition) is 1. The van der Waals surface area contributed by atoms with Crippen molar-refractivity contribution in [2.45, 2.75) is 6.42 Å². The zero-order valence-electron chi connectivity index (χ0n) is 7.37. The van der Waals surface area contributed by atoms with Gasteiger partial charge in [0, 0.05) is 18.7 Å². The van der Waals surface area contributed by atoms with Crippen LogP contribution in [-0.4, -0.2) is 25.5 Å². The van der Waals surface area contributed by atoms with Crippen LogP contribution in [0.15, 0.2) is 23.8 Å². The van der Waals surface area contributed by atoms with Crippen LogP contribution in [0.1, 0.15) is 6.42 Å². The maximum Gasteiger partial charge on any atom is 0.330 e. The third kappa shape index (κ3) is 3.11. The molecule has 0 bridgehead atoms. The number of ether oxygens (including phenoxy) is 1. The number of esters is 1. The van der Waals surface area contributed by atoms with Gasteiger partial charge >= 0.3 is 5.97 Å². The lowest BCUT2D eigenvalue weighted by molar-refractivity contribution is -0.134. The zero-order chi connectivity index (χ0) is 9.68. The Morgan fingerprint density at radius 1 is 1.62 bits per heavy atom. The predicted molar refractivity (Wildman–Crippen MR) is 46.9 cm³/mol. The fraction of sp³-hybridized carbons (Fsp3) is 0.333. The van der Waals surface area contributed by atoms with E-state index in [1.165, 1.54) is 19.3 Å². The van der Waals surface area contributed by atoms with Gasteiger partial charge in [0.1, 0.15) is 0 Å². The van der Waals surface area contributed by atoms with Crippen LogP contribution in [0.3, 0.4) is 0 Å². The lowest BCUT2D eigenvalue weighted by atomic mass is 10.2. The highest BCUT2D eigenvalue weighted by atomic mass is 16.5. The van der Waals surface area contributed by atoms with Gasteiger partial charge in [-0.15, -0.1) is 0 Å². The number of hydrogen-bond acceptors (Lipinski definition) is 3. The SMILES string of the molecule is COC(=O)/C=C1\C=CC(=O)NCC1. The topological polar surface area (TPSA) is 55.4 Å². The molecular formula is C9H11NO3. The van der Waals surface area contributed by atoms with E-state index in [1.807, 2.05) is 0 Å². The smallest absolute Gasteiger partial charge is 0.330 e. The van der Waals surface area contributed by atoms with Gasteiger partial charge in [-0.3, -0.25) is 4.79 Å². The minimum absolute atomic E-state index is 0.131. The van der Waals surface area contributed by atoms with Gasteiger partial charge in [0.05, 0.1) is 7.11 Å². The summed E-state index contributed by atoms with van der Waals surface area (Å²) in [4.78, 5) is 21.7. The highest BCUT2D eigenvalue weighted by Gasteiger charge is 2.04. The van der Waals surface area contributed by atoms with Gasteiger partial charge in [-0.1, -0.05) is 6.08 Å². The Balaban J connectivity index is 2.69. The Morgan fingerprint density at radius 2 is 2.38 bits per heavy atom. The van der Waals surface area contributed by atoms with Gasteiger partial charge in [-0.25, -0.2) is 4.79 Å². The molecule has 0 saturated heterocycles. The molecule has 0 aromatic carbocycles. The van der Waals surface area contributed by atoms with E-state index in [9.17, 15) is 9.59 Å². The third-order valence-corrected chi connectivity index (χ3v) is 1.67. The van der Waals surface area contributed by atoms with E-state index in [2.05, 4.69) is 10.1 Å². The first-order valence-corrected chi connectivity index (χ1v) is 3.97. The van der Waals surface area contributed by atoms with Crippen LogP contribution in [0, 0.1) is 0 Å². The molecule has 70 valence electrons. The van der Waals surface area contributed by atoms with Crippen LogP contribution in [0.25, 0.3) is 0 Å². The molecule has 1 rings (SSSR count).